The average Bonchev–Trinajstić information content (AvgIpc) is 2.33. The van der Waals surface area contributed by atoms with Crippen LogP contribution in [0.2, 0.25) is 0 Å². The first kappa shape index (κ1) is 14.7. The topological polar surface area (TPSA) is 93.8 Å². The molecule has 6 heteroatoms. The van der Waals surface area contributed by atoms with Crippen molar-refractivity contribution in [3.05, 3.63) is 29.8 Å². The molecule has 19 heavy (non-hydrogen) atoms. The van der Waals surface area contributed by atoms with Crippen LogP contribution in [-0.2, 0) is 9.59 Å². The molecule has 0 aromatic heterocycles. The second kappa shape index (κ2) is 7.15. The van der Waals surface area contributed by atoms with Gasteiger partial charge >= 0.3 is 0 Å². The van der Waals surface area contributed by atoms with Crippen molar-refractivity contribution in [2.24, 2.45) is 10.8 Å². The number of carbonyl (C=O) groups is 2. The summed E-state index contributed by atoms with van der Waals surface area (Å²) in [5.74, 6) is -0.273. The predicted molar refractivity (Wildman–Crippen MR) is 71.7 cm³/mol. The molecule has 2 amide bonds. The first-order valence-corrected chi connectivity index (χ1v) is 5.77. The number of carbonyl (C=O) groups excluding carboxylic acids is 2. The van der Waals surface area contributed by atoms with Gasteiger partial charge in [-0.25, -0.2) is 5.43 Å². The fourth-order valence-electron chi connectivity index (χ4n) is 1.34. The van der Waals surface area contributed by atoms with E-state index in [0.29, 0.717) is 11.5 Å². The molecule has 102 valence electrons. The van der Waals surface area contributed by atoms with Crippen molar-refractivity contribution in [3.8, 4) is 5.75 Å². The Labute approximate surface area is 111 Å². The summed E-state index contributed by atoms with van der Waals surface area (Å²) in [6, 6.07) is 7.37. The minimum atomic E-state index is -0.494. The van der Waals surface area contributed by atoms with Crippen LogP contribution in [0.15, 0.2) is 29.4 Å². The van der Waals surface area contributed by atoms with Gasteiger partial charge in [-0.15, -0.1) is 0 Å². The number of amides is 2. The van der Waals surface area contributed by atoms with Crippen molar-refractivity contribution in [2.75, 3.05) is 6.61 Å². The Bertz CT molecular complexity index is 498. The molecule has 0 saturated heterocycles. The summed E-state index contributed by atoms with van der Waals surface area (Å²) in [5, 5.41) is 3.73. The van der Waals surface area contributed by atoms with E-state index in [1.807, 2.05) is 25.1 Å². The van der Waals surface area contributed by atoms with E-state index in [0.717, 1.165) is 5.56 Å². The number of ether oxygens (including phenoxy) is 1. The highest BCUT2D eigenvalue weighted by Gasteiger charge is 2.03. The van der Waals surface area contributed by atoms with Crippen LogP contribution in [0, 0.1) is 6.92 Å². The normalized spacial score (nSPS) is 10.9. The van der Waals surface area contributed by atoms with E-state index in [1.54, 1.807) is 13.0 Å². The Morgan fingerprint density at radius 2 is 2.16 bits per heavy atom. The second-order valence-corrected chi connectivity index (χ2v) is 4.13. The molecule has 0 heterocycles. The van der Waals surface area contributed by atoms with E-state index in [4.69, 9.17) is 10.5 Å². The Balaban J connectivity index is 2.38. The lowest BCUT2D eigenvalue weighted by molar-refractivity contribution is -0.123. The van der Waals surface area contributed by atoms with Crippen LogP contribution in [0.5, 0.6) is 5.75 Å². The van der Waals surface area contributed by atoms with Crippen molar-refractivity contribution in [3.63, 3.8) is 0 Å². The predicted octanol–water partition coefficient (Wildman–Crippen LogP) is 0.741. The van der Waals surface area contributed by atoms with Crippen LogP contribution >= 0.6 is 0 Å². The smallest absolute Gasteiger partial charge is 0.277 e. The summed E-state index contributed by atoms with van der Waals surface area (Å²) in [5.41, 5.74) is 8.77. The highest BCUT2D eigenvalue weighted by molar-refractivity contribution is 5.99. The third-order valence-corrected chi connectivity index (χ3v) is 2.16. The zero-order valence-corrected chi connectivity index (χ0v) is 11.0. The number of nitrogens with two attached hydrogens (primary N) is 1. The summed E-state index contributed by atoms with van der Waals surface area (Å²) >= 11 is 0. The van der Waals surface area contributed by atoms with Crippen molar-refractivity contribution in [2.45, 2.75) is 20.3 Å². The summed E-state index contributed by atoms with van der Waals surface area (Å²) in [4.78, 5) is 22.0. The van der Waals surface area contributed by atoms with Crippen LogP contribution in [0.4, 0.5) is 0 Å². The number of primary amides is 1. The largest absolute Gasteiger partial charge is 0.484 e. The van der Waals surface area contributed by atoms with Crippen LogP contribution in [-0.4, -0.2) is 24.1 Å². The van der Waals surface area contributed by atoms with Crippen LogP contribution < -0.4 is 15.9 Å². The number of benzene rings is 1. The minimum Gasteiger partial charge on any atom is -0.484 e. The van der Waals surface area contributed by atoms with Crippen LogP contribution in [0.25, 0.3) is 0 Å². The molecule has 0 unspecified atom stereocenters. The van der Waals surface area contributed by atoms with E-state index >= 15 is 0 Å². The first-order chi connectivity index (χ1) is 8.97. The van der Waals surface area contributed by atoms with E-state index in [1.165, 1.54) is 0 Å². The van der Waals surface area contributed by atoms with Crippen molar-refractivity contribution < 1.29 is 14.3 Å². The average molecular weight is 263 g/mol. The summed E-state index contributed by atoms with van der Waals surface area (Å²) < 4.78 is 5.29. The molecule has 1 rings (SSSR count). The lowest BCUT2D eigenvalue weighted by Gasteiger charge is -2.06. The molecule has 6 nitrogen and oxygen atoms in total. The zero-order chi connectivity index (χ0) is 14.3. The molecular formula is C13H17N3O3. The zero-order valence-electron chi connectivity index (χ0n) is 11.0. The highest BCUT2D eigenvalue weighted by atomic mass is 16.5. The molecule has 0 aliphatic carbocycles. The Morgan fingerprint density at radius 3 is 2.79 bits per heavy atom. The van der Waals surface area contributed by atoms with E-state index < -0.39 is 11.8 Å². The molecular weight excluding hydrogens is 246 g/mol. The van der Waals surface area contributed by atoms with E-state index in [-0.39, 0.29) is 13.0 Å². The molecule has 0 aliphatic rings. The number of nitrogens with one attached hydrogen (secondary N) is 1. The maximum Gasteiger partial charge on any atom is 0.277 e. The van der Waals surface area contributed by atoms with Gasteiger partial charge in [0, 0.05) is 5.71 Å². The molecule has 0 aliphatic heterocycles. The Hall–Kier alpha value is -2.37. The number of hydrogen-bond acceptors (Lipinski definition) is 4. The van der Waals surface area contributed by atoms with Crippen LogP contribution in [0.1, 0.15) is 18.9 Å². The fraction of sp³-hybridized carbons (Fsp3) is 0.308. The molecule has 1 aromatic carbocycles. The molecule has 0 radical (unpaired) electrons. The minimum absolute atomic E-state index is 0.0129. The number of nitrogens with zero attached hydrogens (tertiary/aromatic N) is 1. The maximum absolute atomic E-state index is 11.4. The molecule has 0 bridgehead atoms. The van der Waals surface area contributed by atoms with Gasteiger partial charge in [-0.05, 0) is 31.5 Å². The molecule has 0 fully saturated rings. The van der Waals surface area contributed by atoms with Crippen molar-refractivity contribution in [1.82, 2.24) is 5.43 Å². The molecule has 0 spiro atoms. The fourth-order valence-corrected chi connectivity index (χ4v) is 1.34. The third kappa shape index (κ3) is 6.21. The lowest BCUT2D eigenvalue weighted by Crippen LogP contribution is -2.26. The molecule has 3 N–H and O–H groups in total. The Kier molecular flexibility index (Phi) is 5.53. The van der Waals surface area contributed by atoms with Gasteiger partial charge in [0.15, 0.2) is 6.61 Å². The molecule has 0 atom stereocenters. The van der Waals surface area contributed by atoms with Gasteiger partial charge in [0.1, 0.15) is 5.75 Å². The Morgan fingerprint density at radius 1 is 1.42 bits per heavy atom. The van der Waals surface area contributed by atoms with Gasteiger partial charge < -0.3 is 10.5 Å². The highest BCUT2D eigenvalue weighted by Crippen LogP contribution is 2.11. The van der Waals surface area contributed by atoms with Crippen LogP contribution in [0.3, 0.4) is 0 Å². The SMILES string of the molecule is C/C(CC(N)=O)=N\NC(=O)COc1cccc(C)c1. The number of hydrazone groups is 1. The number of rotatable bonds is 6. The maximum atomic E-state index is 11.4. The number of hydrogen-bond donors (Lipinski definition) is 2. The third-order valence-electron chi connectivity index (χ3n) is 2.16. The molecule has 1 aromatic rings. The van der Waals surface area contributed by atoms with Gasteiger partial charge in [-0.2, -0.15) is 5.10 Å². The van der Waals surface area contributed by atoms with E-state index in [2.05, 4.69) is 10.5 Å². The van der Waals surface area contributed by atoms with Gasteiger partial charge in [0.25, 0.3) is 5.91 Å². The van der Waals surface area contributed by atoms with E-state index in [9.17, 15) is 9.59 Å². The lowest BCUT2D eigenvalue weighted by atomic mass is 10.2. The molecule has 0 saturated carbocycles. The first-order valence-electron chi connectivity index (χ1n) is 5.77. The van der Waals surface area contributed by atoms with Crippen molar-refractivity contribution in [1.29, 1.82) is 0 Å². The monoisotopic (exact) mass is 263 g/mol. The standard InChI is InChI=1S/C13H17N3O3/c1-9-4-3-5-11(6-9)19-8-13(18)16-15-10(2)7-12(14)17/h3-6H,7-8H2,1-2H3,(H2,14,17)(H,16,18)/b15-10+. The van der Waals surface area contributed by atoms with Gasteiger partial charge in [0.2, 0.25) is 5.91 Å². The number of aryl methyl sites for hydroxylation is 1. The quantitative estimate of drug-likeness (QED) is 0.585. The summed E-state index contributed by atoms with van der Waals surface area (Å²) in [7, 11) is 0. The van der Waals surface area contributed by atoms with Gasteiger partial charge in [0.05, 0.1) is 6.42 Å². The summed E-state index contributed by atoms with van der Waals surface area (Å²) in [6.45, 7) is 3.40. The van der Waals surface area contributed by atoms with Gasteiger partial charge in [-0.3, -0.25) is 9.59 Å². The second-order valence-electron chi connectivity index (χ2n) is 4.13. The van der Waals surface area contributed by atoms with Gasteiger partial charge in [-0.1, -0.05) is 12.1 Å². The van der Waals surface area contributed by atoms with Crippen molar-refractivity contribution >= 4 is 17.5 Å². The summed E-state index contributed by atoms with van der Waals surface area (Å²) in [6.07, 6.45) is 0.0129.